The minimum Gasteiger partial charge on any atom is -0.497 e. The number of benzene rings is 2. The Morgan fingerprint density at radius 3 is 2.59 bits per heavy atom. The van der Waals surface area contributed by atoms with E-state index in [1.807, 2.05) is 0 Å². The zero-order chi connectivity index (χ0) is 19.6. The predicted octanol–water partition coefficient (Wildman–Crippen LogP) is 2.25. The smallest absolute Gasteiger partial charge is 0.331 e. The van der Waals surface area contributed by atoms with Gasteiger partial charge >= 0.3 is 5.97 Å². The highest BCUT2D eigenvalue weighted by atomic mass is 16.5. The van der Waals surface area contributed by atoms with E-state index in [9.17, 15) is 14.4 Å². The van der Waals surface area contributed by atoms with Crippen molar-refractivity contribution in [1.82, 2.24) is 5.32 Å². The molecule has 2 rings (SSSR count). The van der Waals surface area contributed by atoms with E-state index >= 15 is 0 Å². The van der Waals surface area contributed by atoms with Crippen LogP contribution >= 0.6 is 0 Å². The Labute approximate surface area is 157 Å². The van der Waals surface area contributed by atoms with Crippen molar-refractivity contribution in [3.05, 3.63) is 65.7 Å². The van der Waals surface area contributed by atoms with Crippen LogP contribution < -0.4 is 15.4 Å². The highest BCUT2D eigenvalue weighted by Crippen LogP contribution is 2.14. The molecule has 0 aliphatic heterocycles. The zero-order valence-electron chi connectivity index (χ0n) is 15.0. The van der Waals surface area contributed by atoms with Crippen LogP contribution in [0.2, 0.25) is 0 Å². The number of anilines is 1. The number of hydrogen-bond donors (Lipinski definition) is 2. The molecular weight excluding hydrogens is 348 g/mol. The van der Waals surface area contributed by atoms with Gasteiger partial charge < -0.3 is 20.1 Å². The molecule has 140 valence electrons. The van der Waals surface area contributed by atoms with Gasteiger partial charge in [-0.3, -0.25) is 9.59 Å². The average molecular weight is 368 g/mol. The second-order valence-corrected chi connectivity index (χ2v) is 5.43. The Balaban J connectivity index is 1.85. The van der Waals surface area contributed by atoms with Crippen molar-refractivity contribution in [2.75, 3.05) is 26.1 Å². The first-order chi connectivity index (χ1) is 13.0. The molecule has 0 saturated carbocycles. The maximum Gasteiger partial charge on any atom is 0.331 e. The highest BCUT2D eigenvalue weighted by Gasteiger charge is 2.08. The minimum absolute atomic E-state index is 0.264. The lowest BCUT2D eigenvalue weighted by Crippen LogP contribution is -2.21. The van der Waals surface area contributed by atoms with E-state index in [1.165, 1.54) is 19.2 Å². The van der Waals surface area contributed by atoms with Gasteiger partial charge in [0.1, 0.15) is 5.75 Å². The zero-order valence-corrected chi connectivity index (χ0v) is 15.0. The fraction of sp³-hybridized carbons (Fsp3) is 0.150. The second-order valence-electron chi connectivity index (χ2n) is 5.43. The summed E-state index contributed by atoms with van der Waals surface area (Å²) in [6.07, 6.45) is 2.80. The highest BCUT2D eigenvalue weighted by molar-refractivity contribution is 5.98. The summed E-state index contributed by atoms with van der Waals surface area (Å²) in [5, 5.41) is 5.07. The summed E-state index contributed by atoms with van der Waals surface area (Å²) in [6.45, 7) is -0.439. The van der Waals surface area contributed by atoms with Gasteiger partial charge in [0.05, 0.1) is 7.11 Å². The van der Waals surface area contributed by atoms with Crippen LogP contribution in [0.15, 0.2) is 54.6 Å². The lowest BCUT2D eigenvalue weighted by Gasteiger charge is -2.07. The molecule has 0 saturated heterocycles. The molecular formula is C20H20N2O5. The number of rotatable bonds is 7. The second kappa shape index (κ2) is 9.76. The molecule has 2 aromatic rings. The molecule has 7 nitrogen and oxygen atoms in total. The van der Waals surface area contributed by atoms with E-state index in [1.54, 1.807) is 55.7 Å². The van der Waals surface area contributed by atoms with E-state index in [0.29, 0.717) is 17.0 Å². The Kier molecular flexibility index (Phi) is 7.13. The van der Waals surface area contributed by atoms with E-state index in [4.69, 9.17) is 9.47 Å². The topological polar surface area (TPSA) is 93.7 Å². The fourth-order valence-corrected chi connectivity index (χ4v) is 2.17. The molecule has 2 aromatic carbocycles. The number of carbonyl (C=O) groups is 3. The van der Waals surface area contributed by atoms with Crippen molar-refractivity contribution in [2.45, 2.75) is 0 Å². The molecule has 0 fully saturated rings. The van der Waals surface area contributed by atoms with Crippen LogP contribution in [-0.2, 0) is 14.3 Å². The first-order valence-corrected chi connectivity index (χ1v) is 8.12. The van der Waals surface area contributed by atoms with Crippen LogP contribution in [0.5, 0.6) is 5.75 Å². The van der Waals surface area contributed by atoms with Crippen LogP contribution in [0.3, 0.4) is 0 Å². The van der Waals surface area contributed by atoms with Crippen molar-refractivity contribution in [3.8, 4) is 5.75 Å². The number of amides is 2. The third kappa shape index (κ3) is 6.32. The molecule has 2 N–H and O–H groups in total. The van der Waals surface area contributed by atoms with Crippen LogP contribution in [-0.4, -0.2) is 38.5 Å². The monoisotopic (exact) mass is 368 g/mol. The molecule has 0 radical (unpaired) electrons. The third-order valence-electron chi connectivity index (χ3n) is 3.49. The Morgan fingerprint density at radius 2 is 1.85 bits per heavy atom. The van der Waals surface area contributed by atoms with Crippen LogP contribution in [0, 0.1) is 0 Å². The van der Waals surface area contributed by atoms with Crippen molar-refractivity contribution in [3.63, 3.8) is 0 Å². The van der Waals surface area contributed by atoms with Crippen LogP contribution in [0.25, 0.3) is 6.08 Å². The van der Waals surface area contributed by atoms with Gasteiger partial charge in [0.2, 0.25) is 0 Å². The molecule has 0 unspecified atom stereocenters. The molecule has 0 heterocycles. The molecule has 0 aliphatic rings. The van der Waals surface area contributed by atoms with Gasteiger partial charge in [-0.05, 0) is 42.0 Å². The molecule has 27 heavy (non-hydrogen) atoms. The molecule has 0 aromatic heterocycles. The molecule has 0 bridgehead atoms. The Morgan fingerprint density at radius 1 is 1.07 bits per heavy atom. The number of esters is 1. The number of methoxy groups -OCH3 is 1. The molecule has 0 atom stereocenters. The maximum atomic E-state index is 11.9. The van der Waals surface area contributed by atoms with Crippen molar-refractivity contribution >= 4 is 29.5 Å². The summed E-state index contributed by atoms with van der Waals surface area (Å²) >= 11 is 0. The van der Waals surface area contributed by atoms with Gasteiger partial charge in [0.25, 0.3) is 11.8 Å². The molecule has 0 spiro atoms. The molecule has 2 amide bonds. The van der Waals surface area contributed by atoms with Gasteiger partial charge in [0, 0.05) is 24.4 Å². The largest absolute Gasteiger partial charge is 0.497 e. The summed E-state index contributed by atoms with van der Waals surface area (Å²) in [4.78, 5) is 35.2. The SMILES string of the molecule is CNC(=O)c1cccc(NC(=O)COC(=O)/C=C/c2cccc(OC)c2)c1. The van der Waals surface area contributed by atoms with Crippen LogP contribution in [0.1, 0.15) is 15.9 Å². The van der Waals surface area contributed by atoms with Crippen molar-refractivity contribution in [1.29, 1.82) is 0 Å². The van der Waals surface area contributed by atoms with Gasteiger partial charge in [0.15, 0.2) is 6.61 Å². The maximum absolute atomic E-state index is 11.9. The van der Waals surface area contributed by atoms with E-state index in [-0.39, 0.29) is 5.91 Å². The summed E-state index contributed by atoms with van der Waals surface area (Å²) in [5.41, 5.74) is 1.61. The number of carbonyl (C=O) groups excluding carboxylic acids is 3. The summed E-state index contributed by atoms with van der Waals surface area (Å²) in [6, 6.07) is 13.6. The van der Waals surface area contributed by atoms with Crippen molar-refractivity contribution < 1.29 is 23.9 Å². The Hall–Kier alpha value is -3.61. The van der Waals surface area contributed by atoms with Gasteiger partial charge in [-0.15, -0.1) is 0 Å². The van der Waals surface area contributed by atoms with E-state index < -0.39 is 18.5 Å². The quantitative estimate of drug-likeness (QED) is 0.577. The number of hydrogen-bond acceptors (Lipinski definition) is 5. The van der Waals surface area contributed by atoms with Gasteiger partial charge in [-0.25, -0.2) is 4.79 Å². The molecule has 0 aliphatic carbocycles. The Bertz CT molecular complexity index is 861. The summed E-state index contributed by atoms with van der Waals surface area (Å²) in [5.74, 6) is -0.747. The lowest BCUT2D eigenvalue weighted by atomic mass is 10.2. The van der Waals surface area contributed by atoms with Crippen molar-refractivity contribution in [2.24, 2.45) is 0 Å². The average Bonchev–Trinajstić information content (AvgIpc) is 2.70. The van der Waals surface area contributed by atoms with E-state index in [2.05, 4.69) is 10.6 Å². The number of nitrogens with one attached hydrogen (secondary N) is 2. The first kappa shape index (κ1) is 19.7. The normalized spacial score (nSPS) is 10.3. The standard InChI is InChI=1S/C20H20N2O5/c1-21-20(25)15-6-4-7-16(12-15)22-18(23)13-27-19(24)10-9-14-5-3-8-17(11-14)26-2/h3-12H,13H2,1-2H3,(H,21,25)(H,22,23)/b10-9+. The van der Waals surface area contributed by atoms with Gasteiger partial charge in [-0.1, -0.05) is 18.2 Å². The third-order valence-corrected chi connectivity index (χ3v) is 3.49. The molecule has 7 heteroatoms. The lowest BCUT2D eigenvalue weighted by molar-refractivity contribution is -0.142. The minimum atomic E-state index is -0.646. The summed E-state index contributed by atoms with van der Waals surface area (Å²) in [7, 11) is 3.08. The number of ether oxygens (including phenoxy) is 2. The predicted molar refractivity (Wildman–Crippen MR) is 101 cm³/mol. The first-order valence-electron chi connectivity index (χ1n) is 8.12. The van der Waals surface area contributed by atoms with Crippen LogP contribution in [0.4, 0.5) is 5.69 Å². The fourth-order valence-electron chi connectivity index (χ4n) is 2.17. The van der Waals surface area contributed by atoms with E-state index in [0.717, 1.165) is 5.56 Å². The summed E-state index contributed by atoms with van der Waals surface area (Å²) < 4.78 is 10.0. The van der Waals surface area contributed by atoms with Gasteiger partial charge in [-0.2, -0.15) is 0 Å².